The van der Waals surface area contributed by atoms with Gasteiger partial charge in [-0.1, -0.05) is 12.8 Å². The van der Waals surface area contributed by atoms with E-state index in [1.807, 2.05) is 0 Å². The average molecular weight is 211 g/mol. The van der Waals surface area contributed by atoms with Crippen LogP contribution in [-0.2, 0) is 9.53 Å². The van der Waals surface area contributed by atoms with Gasteiger partial charge in [0.05, 0.1) is 5.60 Å². The monoisotopic (exact) mass is 211 g/mol. The van der Waals surface area contributed by atoms with Crippen LogP contribution in [0.15, 0.2) is 0 Å². The van der Waals surface area contributed by atoms with E-state index in [1.54, 1.807) is 0 Å². The lowest BCUT2D eigenvalue weighted by molar-refractivity contribution is -0.136. The van der Waals surface area contributed by atoms with Crippen LogP contribution in [0.25, 0.3) is 0 Å². The first-order chi connectivity index (χ1) is 7.26. The fourth-order valence-corrected chi connectivity index (χ4v) is 3.02. The van der Waals surface area contributed by atoms with Crippen molar-refractivity contribution in [2.75, 3.05) is 13.2 Å². The molecule has 1 unspecified atom stereocenters. The van der Waals surface area contributed by atoms with Crippen molar-refractivity contribution in [2.24, 2.45) is 11.7 Å². The van der Waals surface area contributed by atoms with Crippen LogP contribution in [0.3, 0.4) is 0 Å². The van der Waals surface area contributed by atoms with Gasteiger partial charge in [-0.3, -0.25) is 4.79 Å². The molecule has 0 bridgehead atoms. The van der Waals surface area contributed by atoms with E-state index in [4.69, 9.17) is 10.5 Å². The van der Waals surface area contributed by atoms with Gasteiger partial charge in [0.2, 0.25) is 0 Å². The first-order valence-corrected chi connectivity index (χ1v) is 6.12. The summed E-state index contributed by atoms with van der Waals surface area (Å²) in [5.74, 6) is 0.576. The Balaban J connectivity index is 1.94. The van der Waals surface area contributed by atoms with Gasteiger partial charge in [0, 0.05) is 18.9 Å². The summed E-state index contributed by atoms with van der Waals surface area (Å²) < 4.78 is 5.90. The third-order valence-electron chi connectivity index (χ3n) is 3.85. The first kappa shape index (κ1) is 11.1. The standard InChI is InChI=1S/C12H21NO2/c13-7-3-11(14)10-4-8-15-12(9-10)5-1-2-6-12/h10H,1-9,13H2. The Morgan fingerprint density at radius 3 is 2.80 bits per heavy atom. The van der Waals surface area contributed by atoms with Crippen molar-refractivity contribution in [3.05, 3.63) is 0 Å². The molecule has 1 aliphatic heterocycles. The van der Waals surface area contributed by atoms with Gasteiger partial charge in [0.15, 0.2) is 0 Å². The Morgan fingerprint density at radius 1 is 1.40 bits per heavy atom. The van der Waals surface area contributed by atoms with Crippen molar-refractivity contribution in [3.8, 4) is 0 Å². The summed E-state index contributed by atoms with van der Waals surface area (Å²) in [7, 11) is 0. The summed E-state index contributed by atoms with van der Waals surface area (Å²) in [6.45, 7) is 1.25. The maximum absolute atomic E-state index is 11.8. The van der Waals surface area contributed by atoms with Crippen LogP contribution < -0.4 is 5.73 Å². The van der Waals surface area contributed by atoms with E-state index in [0.29, 0.717) is 18.7 Å². The van der Waals surface area contributed by atoms with Crippen molar-refractivity contribution in [1.29, 1.82) is 0 Å². The normalized spacial score (nSPS) is 29.5. The number of rotatable bonds is 3. The molecule has 3 nitrogen and oxygen atoms in total. The number of ketones is 1. The molecule has 1 heterocycles. The molecule has 1 saturated carbocycles. The second kappa shape index (κ2) is 4.62. The molecule has 15 heavy (non-hydrogen) atoms. The maximum atomic E-state index is 11.8. The van der Waals surface area contributed by atoms with Crippen molar-refractivity contribution >= 4 is 5.78 Å². The van der Waals surface area contributed by atoms with Gasteiger partial charge < -0.3 is 10.5 Å². The summed E-state index contributed by atoms with van der Waals surface area (Å²) >= 11 is 0. The largest absolute Gasteiger partial charge is 0.375 e. The summed E-state index contributed by atoms with van der Waals surface area (Å²) in [6.07, 6.45) is 7.22. The Bertz CT molecular complexity index is 234. The molecule has 0 aromatic heterocycles. The number of hydrogen-bond acceptors (Lipinski definition) is 3. The van der Waals surface area contributed by atoms with E-state index < -0.39 is 0 Å². The number of hydrogen-bond donors (Lipinski definition) is 1. The quantitative estimate of drug-likeness (QED) is 0.772. The Labute approximate surface area is 91.4 Å². The highest BCUT2D eigenvalue weighted by molar-refractivity contribution is 5.81. The van der Waals surface area contributed by atoms with Crippen LogP contribution >= 0.6 is 0 Å². The molecule has 0 aromatic rings. The van der Waals surface area contributed by atoms with Gasteiger partial charge in [-0.05, 0) is 32.2 Å². The Kier molecular flexibility index (Phi) is 3.42. The van der Waals surface area contributed by atoms with E-state index in [2.05, 4.69) is 0 Å². The molecule has 2 rings (SSSR count). The van der Waals surface area contributed by atoms with Crippen LogP contribution in [0.2, 0.25) is 0 Å². The summed E-state index contributed by atoms with van der Waals surface area (Å²) in [5.41, 5.74) is 5.49. The topological polar surface area (TPSA) is 52.3 Å². The highest BCUT2D eigenvalue weighted by Gasteiger charge is 2.41. The highest BCUT2D eigenvalue weighted by atomic mass is 16.5. The Morgan fingerprint density at radius 2 is 2.13 bits per heavy atom. The van der Waals surface area contributed by atoms with Crippen LogP contribution in [-0.4, -0.2) is 24.5 Å². The molecule has 86 valence electrons. The van der Waals surface area contributed by atoms with E-state index in [9.17, 15) is 4.79 Å². The predicted octanol–water partition coefficient (Wildman–Crippen LogP) is 1.64. The van der Waals surface area contributed by atoms with Gasteiger partial charge in [-0.25, -0.2) is 0 Å². The fraction of sp³-hybridized carbons (Fsp3) is 0.917. The second-order valence-electron chi connectivity index (χ2n) is 4.93. The molecule has 0 aromatic carbocycles. The zero-order valence-electron chi connectivity index (χ0n) is 9.34. The van der Waals surface area contributed by atoms with Gasteiger partial charge >= 0.3 is 0 Å². The van der Waals surface area contributed by atoms with Crippen LogP contribution in [0.1, 0.15) is 44.9 Å². The molecular weight excluding hydrogens is 190 g/mol. The molecule has 2 aliphatic rings. The fourth-order valence-electron chi connectivity index (χ4n) is 3.02. The molecule has 1 saturated heterocycles. The molecule has 0 radical (unpaired) electrons. The maximum Gasteiger partial charge on any atom is 0.137 e. The van der Waals surface area contributed by atoms with Gasteiger partial charge in [-0.15, -0.1) is 0 Å². The average Bonchev–Trinajstić information content (AvgIpc) is 2.67. The minimum absolute atomic E-state index is 0.0627. The molecule has 2 N–H and O–H groups in total. The van der Waals surface area contributed by atoms with Gasteiger partial charge in [0.1, 0.15) is 5.78 Å². The number of ether oxygens (including phenoxy) is 1. The molecule has 1 spiro atoms. The van der Waals surface area contributed by atoms with E-state index in [-0.39, 0.29) is 11.5 Å². The number of carbonyl (C=O) groups is 1. The van der Waals surface area contributed by atoms with Crippen molar-refractivity contribution in [1.82, 2.24) is 0 Å². The van der Waals surface area contributed by atoms with E-state index in [1.165, 1.54) is 12.8 Å². The SMILES string of the molecule is NCCC(=O)C1CCOC2(CCCC2)C1. The van der Waals surface area contributed by atoms with Gasteiger partial charge in [0.25, 0.3) is 0 Å². The number of Topliss-reactive ketones (excluding diaryl/α,β-unsaturated/α-hetero) is 1. The molecule has 3 heteroatoms. The van der Waals surface area contributed by atoms with Crippen LogP contribution in [0.5, 0.6) is 0 Å². The molecule has 1 atom stereocenters. The van der Waals surface area contributed by atoms with E-state index >= 15 is 0 Å². The third kappa shape index (κ3) is 2.40. The number of carbonyl (C=O) groups excluding carboxylic acids is 1. The summed E-state index contributed by atoms with van der Waals surface area (Å²) in [5, 5.41) is 0. The van der Waals surface area contributed by atoms with Crippen molar-refractivity contribution in [3.63, 3.8) is 0 Å². The molecular formula is C12H21NO2. The molecule has 0 amide bonds. The zero-order valence-corrected chi connectivity index (χ0v) is 9.34. The lowest BCUT2D eigenvalue weighted by atomic mass is 9.81. The smallest absolute Gasteiger partial charge is 0.137 e. The minimum Gasteiger partial charge on any atom is -0.375 e. The minimum atomic E-state index is 0.0627. The number of nitrogens with two attached hydrogens (primary N) is 1. The molecule has 1 aliphatic carbocycles. The zero-order chi connectivity index (χ0) is 10.7. The van der Waals surface area contributed by atoms with Crippen LogP contribution in [0, 0.1) is 5.92 Å². The lowest BCUT2D eigenvalue weighted by Gasteiger charge is -2.37. The van der Waals surface area contributed by atoms with Crippen LogP contribution in [0.4, 0.5) is 0 Å². The van der Waals surface area contributed by atoms with E-state index in [0.717, 1.165) is 32.3 Å². The highest BCUT2D eigenvalue weighted by Crippen LogP contribution is 2.42. The second-order valence-corrected chi connectivity index (χ2v) is 4.93. The predicted molar refractivity (Wildman–Crippen MR) is 58.6 cm³/mol. The molecule has 2 fully saturated rings. The van der Waals surface area contributed by atoms with Crippen molar-refractivity contribution in [2.45, 2.75) is 50.5 Å². The summed E-state index contributed by atoms with van der Waals surface area (Å²) in [6, 6.07) is 0. The first-order valence-electron chi connectivity index (χ1n) is 6.12. The third-order valence-corrected chi connectivity index (χ3v) is 3.85. The lowest BCUT2D eigenvalue weighted by Crippen LogP contribution is -2.40. The Hall–Kier alpha value is -0.410. The van der Waals surface area contributed by atoms with Gasteiger partial charge in [-0.2, -0.15) is 0 Å². The summed E-state index contributed by atoms with van der Waals surface area (Å²) in [4.78, 5) is 11.8. The van der Waals surface area contributed by atoms with Crippen molar-refractivity contribution < 1.29 is 9.53 Å².